The van der Waals surface area contributed by atoms with Crippen LogP contribution in [0.1, 0.15) is 42.3 Å². The van der Waals surface area contributed by atoms with Crippen LogP contribution in [0.25, 0.3) is 0 Å². The molecule has 1 amide bonds. The van der Waals surface area contributed by atoms with Gasteiger partial charge >= 0.3 is 11.9 Å². The van der Waals surface area contributed by atoms with Crippen LogP contribution in [0.3, 0.4) is 0 Å². The minimum Gasteiger partial charge on any atom is -0.465 e. The van der Waals surface area contributed by atoms with Crippen LogP contribution in [-0.2, 0) is 24.6 Å². The molecule has 0 unspecified atom stereocenters. The number of aliphatic hydroxyl groups is 1. The Morgan fingerprint density at radius 1 is 1.21 bits per heavy atom. The lowest BCUT2D eigenvalue weighted by Gasteiger charge is -2.35. The van der Waals surface area contributed by atoms with Crippen molar-refractivity contribution in [1.29, 1.82) is 0 Å². The van der Waals surface area contributed by atoms with Gasteiger partial charge in [-0.15, -0.1) is 0 Å². The van der Waals surface area contributed by atoms with Crippen LogP contribution in [0.4, 0.5) is 11.4 Å². The predicted molar refractivity (Wildman–Crippen MR) is 127 cm³/mol. The molecule has 3 rings (SSSR count). The van der Waals surface area contributed by atoms with Crippen LogP contribution in [0, 0.1) is 6.92 Å². The highest BCUT2D eigenvalue weighted by Gasteiger charge is 2.59. The lowest BCUT2D eigenvalue weighted by atomic mass is 9.84. The number of fused-ring (bicyclic) bond motifs is 1. The molecule has 0 aliphatic carbocycles. The van der Waals surface area contributed by atoms with Gasteiger partial charge in [0.15, 0.2) is 11.6 Å². The molecule has 0 bridgehead atoms. The number of hydrogen-bond acceptors (Lipinski definition) is 7. The summed E-state index contributed by atoms with van der Waals surface area (Å²) in [5, 5.41) is 14.4. The zero-order valence-corrected chi connectivity index (χ0v) is 20.7. The SMILES string of the molecule is CCOC(=O)[C@@H](O)[C@]1(Nc2ccc(Br)cc2C(=O)OC)C(=O)N(C(C)C)c2ccc(C)cc21. The van der Waals surface area contributed by atoms with Gasteiger partial charge in [0.1, 0.15) is 0 Å². The third kappa shape index (κ3) is 4.22. The van der Waals surface area contributed by atoms with Crippen LogP contribution in [0.5, 0.6) is 0 Å². The molecule has 9 heteroatoms. The fraction of sp³-hybridized carbons (Fsp3) is 0.375. The molecule has 1 heterocycles. The summed E-state index contributed by atoms with van der Waals surface area (Å²) in [6.07, 6.45) is -1.89. The van der Waals surface area contributed by atoms with Crippen molar-refractivity contribution in [3.63, 3.8) is 0 Å². The fourth-order valence-corrected chi connectivity index (χ4v) is 4.43. The Morgan fingerprint density at radius 3 is 2.52 bits per heavy atom. The first kappa shape index (κ1) is 24.7. The highest BCUT2D eigenvalue weighted by Crippen LogP contribution is 2.46. The fourth-order valence-electron chi connectivity index (χ4n) is 4.07. The second-order valence-corrected chi connectivity index (χ2v) is 8.97. The van der Waals surface area contributed by atoms with Crippen LogP contribution in [-0.4, -0.2) is 48.8 Å². The number of nitrogens with one attached hydrogen (secondary N) is 1. The lowest BCUT2D eigenvalue weighted by molar-refractivity contribution is -0.159. The Hall–Kier alpha value is -2.91. The molecule has 0 spiro atoms. The molecule has 176 valence electrons. The lowest BCUT2D eigenvalue weighted by Crippen LogP contribution is -2.58. The first-order valence-corrected chi connectivity index (χ1v) is 11.3. The normalized spacial score (nSPS) is 18.2. The number of methoxy groups -OCH3 is 1. The third-order valence-corrected chi connectivity index (χ3v) is 6.04. The van der Waals surface area contributed by atoms with Crippen molar-refractivity contribution in [2.45, 2.75) is 45.4 Å². The molecule has 0 fully saturated rings. The van der Waals surface area contributed by atoms with Crippen molar-refractivity contribution in [2.24, 2.45) is 0 Å². The number of rotatable bonds is 7. The van der Waals surface area contributed by atoms with E-state index in [0.29, 0.717) is 15.7 Å². The van der Waals surface area contributed by atoms with Crippen LogP contribution in [0.15, 0.2) is 40.9 Å². The Balaban J connectivity index is 2.31. The number of amides is 1. The molecular formula is C24H27BrN2O6. The maximum absolute atomic E-state index is 14.0. The number of ether oxygens (including phenoxy) is 2. The van der Waals surface area contributed by atoms with Gasteiger partial charge in [0.2, 0.25) is 0 Å². The smallest absolute Gasteiger partial charge is 0.340 e. The van der Waals surface area contributed by atoms with Gasteiger partial charge in [0.05, 0.1) is 25.0 Å². The van der Waals surface area contributed by atoms with E-state index in [9.17, 15) is 19.5 Å². The van der Waals surface area contributed by atoms with E-state index < -0.39 is 29.5 Å². The topological polar surface area (TPSA) is 105 Å². The minimum atomic E-state index is -1.92. The monoisotopic (exact) mass is 518 g/mol. The van der Waals surface area contributed by atoms with Crippen molar-refractivity contribution in [3.8, 4) is 0 Å². The molecule has 1 aliphatic heterocycles. The molecule has 33 heavy (non-hydrogen) atoms. The number of nitrogens with zero attached hydrogens (tertiary/aromatic N) is 1. The summed E-state index contributed by atoms with van der Waals surface area (Å²) >= 11 is 3.33. The zero-order chi connectivity index (χ0) is 24.5. The summed E-state index contributed by atoms with van der Waals surface area (Å²) in [6.45, 7) is 7.18. The maximum Gasteiger partial charge on any atom is 0.340 e. The number of aryl methyl sites for hydroxylation is 1. The van der Waals surface area contributed by atoms with E-state index in [1.165, 1.54) is 18.1 Å². The molecule has 2 atom stereocenters. The molecule has 0 radical (unpaired) electrons. The maximum atomic E-state index is 14.0. The summed E-state index contributed by atoms with van der Waals surface area (Å²) in [7, 11) is 1.25. The van der Waals surface area contributed by atoms with E-state index in [1.807, 2.05) is 26.8 Å². The molecular weight excluding hydrogens is 492 g/mol. The second kappa shape index (κ2) is 9.52. The molecule has 8 nitrogen and oxygen atoms in total. The van der Waals surface area contributed by atoms with Crippen LogP contribution >= 0.6 is 15.9 Å². The second-order valence-electron chi connectivity index (χ2n) is 8.06. The van der Waals surface area contributed by atoms with Gasteiger partial charge < -0.3 is 24.8 Å². The number of benzene rings is 2. The van der Waals surface area contributed by atoms with E-state index in [4.69, 9.17) is 9.47 Å². The van der Waals surface area contributed by atoms with Crippen molar-refractivity contribution in [1.82, 2.24) is 0 Å². The molecule has 2 aromatic carbocycles. The van der Waals surface area contributed by atoms with E-state index >= 15 is 0 Å². The quantitative estimate of drug-likeness (QED) is 0.540. The summed E-state index contributed by atoms with van der Waals surface area (Å²) in [5.74, 6) is -2.12. The Bertz CT molecular complexity index is 1100. The first-order valence-electron chi connectivity index (χ1n) is 10.5. The van der Waals surface area contributed by atoms with Crippen molar-refractivity contribution >= 4 is 45.2 Å². The average Bonchev–Trinajstić information content (AvgIpc) is 3.02. The first-order chi connectivity index (χ1) is 15.6. The van der Waals surface area contributed by atoms with E-state index in [0.717, 1.165) is 5.56 Å². The Morgan fingerprint density at radius 2 is 1.91 bits per heavy atom. The van der Waals surface area contributed by atoms with Gasteiger partial charge in [-0.2, -0.15) is 0 Å². The molecule has 0 aromatic heterocycles. The number of carbonyl (C=O) groups is 3. The largest absolute Gasteiger partial charge is 0.465 e. The number of anilines is 2. The zero-order valence-electron chi connectivity index (χ0n) is 19.1. The van der Waals surface area contributed by atoms with Crippen molar-refractivity contribution < 1.29 is 29.0 Å². The van der Waals surface area contributed by atoms with Gasteiger partial charge in [-0.25, -0.2) is 9.59 Å². The molecule has 2 aromatic rings. The third-order valence-electron chi connectivity index (χ3n) is 5.55. The van der Waals surface area contributed by atoms with Gasteiger partial charge in [-0.3, -0.25) is 4.79 Å². The van der Waals surface area contributed by atoms with Gasteiger partial charge in [-0.05, 0) is 52.0 Å². The number of aliphatic hydroxyl groups excluding tert-OH is 1. The van der Waals surface area contributed by atoms with Gasteiger partial charge in [0.25, 0.3) is 5.91 Å². The number of halogens is 1. The molecule has 2 N–H and O–H groups in total. The summed E-state index contributed by atoms with van der Waals surface area (Å²) in [5.41, 5.74) is 0.244. The molecule has 0 saturated carbocycles. The molecule has 1 aliphatic rings. The molecule has 0 saturated heterocycles. The summed E-state index contributed by atoms with van der Waals surface area (Å²) in [6, 6.07) is 9.92. The average molecular weight is 519 g/mol. The van der Waals surface area contributed by atoms with Gasteiger partial charge in [-0.1, -0.05) is 33.6 Å². The highest BCUT2D eigenvalue weighted by molar-refractivity contribution is 9.10. The summed E-state index contributed by atoms with van der Waals surface area (Å²) in [4.78, 5) is 40.8. The van der Waals surface area contributed by atoms with Crippen LogP contribution < -0.4 is 10.2 Å². The number of esters is 2. The van der Waals surface area contributed by atoms with Crippen LogP contribution in [0.2, 0.25) is 0 Å². The van der Waals surface area contributed by atoms with E-state index in [1.54, 1.807) is 31.2 Å². The number of hydrogen-bond donors (Lipinski definition) is 2. The van der Waals surface area contributed by atoms with Crippen molar-refractivity contribution in [2.75, 3.05) is 23.9 Å². The van der Waals surface area contributed by atoms with E-state index in [-0.39, 0.29) is 23.9 Å². The summed E-state index contributed by atoms with van der Waals surface area (Å²) < 4.78 is 10.6. The Labute approximate surface area is 201 Å². The van der Waals surface area contributed by atoms with E-state index in [2.05, 4.69) is 21.2 Å². The predicted octanol–water partition coefficient (Wildman–Crippen LogP) is 3.53. The number of carbonyl (C=O) groups excluding carboxylic acids is 3. The minimum absolute atomic E-state index is 0.0282. The van der Waals surface area contributed by atoms with Gasteiger partial charge in [0, 0.05) is 21.8 Å². The highest BCUT2D eigenvalue weighted by atomic mass is 79.9. The van der Waals surface area contributed by atoms with Crippen molar-refractivity contribution in [3.05, 3.63) is 57.6 Å². The Kier molecular flexibility index (Phi) is 7.14. The standard InChI is InChI=1S/C24H27BrN2O6/c1-6-33-22(30)20(28)24(26-18-9-8-15(25)12-16(18)21(29)32-5)17-11-14(4)7-10-19(17)27(13(2)3)23(24)31/h7-13,20,26,28H,6H2,1-5H3/t20-,24+/m1/s1.